The van der Waals surface area contributed by atoms with Crippen LogP contribution in [0.4, 0.5) is 5.69 Å². The minimum Gasteiger partial charge on any atom is -0.478 e. The number of thiophene rings is 1. The van der Waals surface area contributed by atoms with E-state index in [0.717, 1.165) is 23.3 Å². The lowest BCUT2D eigenvalue weighted by molar-refractivity contribution is 0.326. The molecule has 0 aliphatic heterocycles. The van der Waals surface area contributed by atoms with Crippen LogP contribution < -0.4 is 10.1 Å². The van der Waals surface area contributed by atoms with Crippen LogP contribution in [0.2, 0.25) is 0 Å². The fourth-order valence-corrected chi connectivity index (χ4v) is 2.84. The maximum Gasteiger partial charge on any atom is 0.213 e. The van der Waals surface area contributed by atoms with Crippen LogP contribution in [0, 0.1) is 0 Å². The minimum absolute atomic E-state index is 0.629. The van der Waals surface area contributed by atoms with E-state index in [1.807, 2.05) is 37.4 Å². The molecule has 3 aromatic rings. The molecule has 3 aromatic heterocycles. The topological polar surface area (TPSA) is 47.0 Å². The van der Waals surface area contributed by atoms with Gasteiger partial charge in [0.2, 0.25) is 5.88 Å². The second-order valence-corrected chi connectivity index (χ2v) is 5.20. The molecular formula is C15H15N3OS. The molecule has 1 N–H and O–H groups in total. The van der Waals surface area contributed by atoms with Crippen molar-refractivity contribution < 1.29 is 4.74 Å². The first-order chi connectivity index (χ1) is 9.86. The highest BCUT2D eigenvalue weighted by Crippen LogP contribution is 2.27. The molecule has 20 heavy (non-hydrogen) atoms. The SMILES string of the molecule is CCOc1cc(CNc2ccnc3ccsc23)ccn1. The van der Waals surface area contributed by atoms with E-state index in [2.05, 4.69) is 20.7 Å². The van der Waals surface area contributed by atoms with Gasteiger partial charge in [-0.3, -0.25) is 4.98 Å². The zero-order valence-electron chi connectivity index (χ0n) is 11.2. The first kappa shape index (κ1) is 12.9. The van der Waals surface area contributed by atoms with E-state index in [4.69, 9.17) is 4.74 Å². The summed E-state index contributed by atoms with van der Waals surface area (Å²) in [5, 5.41) is 5.50. The Hall–Kier alpha value is -2.14. The molecular weight excluding hydrogens is 270 g/mol. The Morgan fingerprint density at radius 2 is 2.10 bits per heavy atom. The molecule has 3 rings (SSSR count). The van der Waals surface area contributed by atoms with Crippen LogP contribution in [-0.2, 0) is 6.54 Å². The predicted molar refractivity (Wildman–Crippen MR) is 82.4 cm³/mol. The van der Waals surface area contributed by atoms with Gasteiger partial charge in [-0.1, -0.05) is 0 Å². The summed E-state index contributed by atoms with van der Waals surface area (Å²) in [5.74, 6) is 0.669. The number of pyridine rings is 2. The number of hydrogen-bond acceptors (Lipinski definition) is 5. The quantitative estimate of drug-likeness (QED) is 0.776. The molecule has 0 aliphatic carbocycles. The summed E-state index contributed by atoms with van der Waals surface area (Å²) in [6, 6.07) is 7.99. The molecule has 4 nitrogen and oxygen atoms in total. The van der Waals surface area contributed by atoms with Gasteiger partial charge in [0.05, 0.1) is 22.5 Å². The lowest BCUT2D eigenvalue weighted by Crippen LogP contribution is -2.01. The number of nitrogens with one attached hydrogen (secondary N) is 1. The van der Waals surface area contributed by atoms with Crippen LogP contribution in [0.5, 0.6) is 5.88 Å². The number of ether oxygens (including phenoxy) is 1. The Bertz CT molecular complexity index is 711. The zero-order chi connectivity index (χ0) is 13.8. The van der Waals surface area contributed by atoms with E-state index >= 15 is 0 Å². The number of anilines is 1. The average Bonchev–Trinajstić information content (AvgIpc) is 2.95. The van der Waals surface area contributed by atoms with Gasteiger partial charge in [-0.25, -0.2) is 4.98 Å². The maximum absolute atomic E-state index is 5.41. The van der Waals surface area contributed by atoms with Crippen molar-refractivity contribution in [3.05, 3.63) is 47.6 Å². The van der Waals surface area contributed by atoms with Crippen molar-refractivity contribution in [3.8, 4) is 5.88 Å². The fourth-order valence-electron chi connectivity index (χ4n) is 2.00. The predicted octanol–water partition coefficient (Wildman–Crippen LogP) is 3.70. The van der Waals surface area contributed by atoms with Crippen molar-refractivity contribution in [1.29, 1.82) is 0 Å². The maximum atomic E-state index is 5.41. The van der Waals surface area contributed by atoms with Gasteiger partial charge in [-0.2, -0.15) is 0 Å². The highest BCUT2D eigenvalue weighted by Gasteiger charge is 2.03. The Labute approximate surface area is 121 Å². The third kappa shape index (κ3) is 2.72. The number of hydrogen-bond donors (Lipinski definition) is 1. The van der Waals surface area contributed by atoms with Crippen molar-refractivity contribution in [2.75, 3.05) is 11.9 Å². The number of rotatable bonds is 5. The second-order valence-electron chi connectivity index (χ2n) is 4.28. The first-order valence-electron chi connectivity index (χ1n) is 6.50. The lowest BCUT2D eigenvalue weighted by atomic mass is 10.2. The van der Waals surface area contributed by atoms with Gasteiger partial charge in [0.1, 0.15) is 0 Å². The summed E-state index contributed by atoms with van der Waals surface area (Å²) in [4.78, 5) is 8.50. The summed E-state index contributed by atoms with van der Waals surface area (Å²) in [5.41, 5.74) is 3.29. The Morgan fingerprint density at radius 1 is 1.20 bits per heavy atom. The smallest absolute Gasteiger partial charge is 0.213 e. The van der Waals surface area contributed by atoms with Crippen LogP contribution >= 0.6 is 11.3 Å². The molecule has 0 amide bonds. The Morgan fingerprint density at radius 3 is 3.00 bits per heavy atom. The van der Waals surface area contributed by atoms with Gasteiger partial charge in [0.25, 0.3) is 0 Å². The van der Waals surface area contributed by atoms with Crippen LogP contribution in [0.15, 0.2) is 42.0 Å². The molecule has 3 heterocycles. The molecule has 0 saturated carbocycles. The van der Waals surface area contributed by atoms with Crippen LogP contribution in [0.3, 0.4) is 0 Å². The van der Waals surface area contributed by atoms with E-state index in [1.54, 1.807) is 17.5 Å². The van der Waals surface area contributed by atoms with Gasteiger partial charge in [-0.05, 0) is 36.1 Å². The van der Waals surface area contributed by atoms with E-state index in [9.17, 15) is 0 Å². The normalized spacial score (nSPS) is 10.7. The van der Waals surface area contributed by atoms with Gasteiger partial charge in [0, 0.05) is 25.0 Å². The summed E-state index contributed by atoms with van der Waals surface area (Å²) in [6.07, 6.45) is 3.60. The van der Waals surface area contributed by atoms with Crippen LogP contribution in [0.1, 0.15) is 12.5 Å². The second kappa shape index (κ2) is 5.88. The molecule has 0 radical (unpaired) electrons. The van der Waals surface area contributed by atoms with Crippen molar-refractivity contribution in [2.24, 2.45) is 0 Å². The zero-order valence-corrected chi connectivity index (χ0v) is 12.0. The molecule has 102 valence electrons. The molecule has 0 atom stereocenters. The molecule has 0 fully saturated rings. The van der Waals surface area contributed by atoms with E-state index < -0.39 is 0 Å². The number of aromatic nitrogens is 2. The van der Waals surface area contributed by atoms with E-state index in [1.165, 1.54) is 4.70 Å². The number of fused-ring (bicyclic) bond motifs is 1. The van der Waals surface area contributed by atoms with Crippen LogP contribution in [0.25, 0.3) is 10.2 Å². The molecule has 0 unspecified atom stereocenters. The fraction of sp³-hybridized carbons (Fsp3) is 0.200. The van der Waals surface area contributed by atoms with Gasteiger partial charge < -0.3 is 10.1 Å². The summed E-state index contributed by atoms with van der Waals surface area (Å²) < 4.78 is 6.60. The standard InChI is InChI=1S/C15H15N3OS/c1-2-19-14-9-11(3-6-17-14)10-18-12-4-7-16-13-5-8-20-15(12)13/h3-9H,2,10H2,1H3,(H,16,18). The molecule has 0 aliphatic rings. The lowest BCUT2D eigenvalue weighted by Gasteiger charge is -2.08. The monoisotopic (exact) mass is 285 g/mol. The molecule has 5 heteroatoms. The largest absolute Gasteiger partial charge is 0.478 e. The summed E-state index contributed by atoms with van der Waals surface area (Å²) in [7, 11) is 0. The van der Waals surface area contributed by atoms with E-state index in [0.29, 0.717) is 12.5 Å². The Kier molecular flexibility index (Phi) is 3.78. The summed E-state index contributed by atoms with van der Waals surface area (Å²) >= 11 is 1.70. The highest BCUT2D eigenvalue weighted by molar-refractivity contribution is 7.17. The van der Waals surface area contributed by atoms with Gasteiger partial charge in [-0.15, -0.1) is 11.3 Å². The first-order valence-corrected chi connectivity index (χ1v) is 7.38. The minimum atomic E-state index is 0.629. The summed E-state index contributed by atoms with van der Waals surface area (Å²) in [6.45, 7) is 3.32. The molecule has 0 aromatic carbocycles. The van der Waals surface area contributed by atoms with Gasteiger partial charge in [0.15, 0.2) is 0 Å². The average molecular weight is 285 g/mol. The van der Waals surface area contributed by atoms with Crippen molar-refractivity contribution in [2.45, 2.75) is 13.5 Å². The number of nitrogens with zero attached hydrogens (tertiary/aromatic N) is 2. The third-order valence-corrected chi connectivity index (χ3v) is 3.86. The van der Waals surface area contributed by atoms with E-state index in [-0.39, 0.29) is 0 Å². The molecule has 0 spiro atoms. The molecule has 0 bridgehead atoms. The third-order valence-electron chi connectivity index (χ3n) is 2.92. The molecule has 0 saturated heterocycles. The van der Waals surface area contributed by atoms with Gasteiger partial charge >= 0.3 is 0 Å². The van der Waals surface area contributed by atoms with Crippen LogP contribution in [-0.4, -0.2) is 16.6 Å². The highest BCUT2D eigenvalue weighted by atomic mass is 32.1. The van der Waals surface area contributed by atoms with Crippen molar-refractivity contribution in [3.63, 3.8) is 0 Å². The van der Waals surface area contributed by atoms with Crippen molar-refractivity contribution >= 4 is 27.2 Å². The van der Waals surface area contributed by atoms with Crippen molar-refractivity contribution in [1.82, 2.24) is 9.97 Å². The Balaban J connectivity index is 1.76.